The van der Waals surface area contributed by atoms with Gasteiger partial charge in [-0.2, -0.15) is 0 Å². The molecule has 0 saturated heterocycles. The first kappa shape index (κ1) is 14.7. The Balaban J connectivity index is 1.89. The highest BCUT2D eigenvalue weighted by Crippen LogP contribution is 2.25. The minimum atomic E-state index is 0.225. The SMILES string of the molecule is Cc1ccccc1SCC(N)/C1=C/CCCCCC1. The van der Waals surface area contributed by atoms with E-state index in [2.05, 4.69) is 37.3 Å². The summed E-state index contributed by atoms with van der Waals surface area (Å²) in [5, 5.41) is 0. The van der Waals surface area contributed by atoms with E-state index in [0.717, 1.165) is 5.75 Å². The Labute approximate surface area is 121 Å². The zero-order chi connectivity index (χ0) is 13.5. The van der Waals surface area contributed by atoms with Crippen LogP contribution in [0, 0.1) is 6.92 Å². The van der Waals surface area contributed by atoms with E-state index in [9.17, 15) is 0 Å². The minimum absolute atomic E-state index is 0.225. The van der Waals surface area contributed by atoms with Crippen LogP contribution in [0.3, 0.4) is 0 Å². The topological polar surface area (TPSA) is 26.0 Å². The molecule has 1 aliphatic rings. The number of hydrogen-bond acceptors (Lipinski definition) is 2. The van der Waals surface area contributed by atoms with Gasteiger partial charge in [-0.1, -0.05) is 42.7 Å². The molecule has 2 rings (SSSR count). The van der Waals surface area contributed by atoms with Crippen LogP contribution < -0.4 is 5.73 Å². The van der Waals surface area contributed by atoms with Crippen molar-refractivity contribution in [2.75, 3.05) is 5.75 Å². The molecule has 1 aromatic carbocycles. The van der Waals surface area contributed by atoms with Crippen molar-refractivity contribution in [3.8, 4) is 0 Å². The second-order valence-electron chi connectivity index (χ2n) is 5.41. The largest absolute Gasteiger partial charge is 0.324 e. The molecule has 104 valence electrons. The Morgan fingerprint density at radius 3 is 2.79 bits per heavy atom. The molecule has 0 bridgehead atoms. The van der Waals surface area contributed by atoms with Gasteiger partial charge in [0.2, 0.25) is 0 Å². The molecule has 2 heteroatoms. The zero-order valence-corrected chi connectivity index (χ0v) is 12.7. The summed E-state index contributed by atoms with van der Waals surface area (Å²) in [7, 11) is 0. The Morgan fingerprint density at radius 1 is 1.16 bits per heavy atom. The monoisotopic (exact) mass is 275 g/mol. The van der Waals surface area contributed by atoms with Gasteiger partial charge in [0.25, 0.3) is 0 Å². The smallest absolute Gasteiger partial charge is 0.0349 e. The lowest BCUT2D eigenvalue weighted by Crippen LogP contribution is -2.26. The summed E-state index contributed by atoms with van der Waals surface area (Å²) < 4.78 is 0. The predicted molar refractivity (Wildman–Crippen MR) is 85.7 cm³/mol. The predicted octanol–water partition coefficient (Wildman–Crippen LogP) is 4.70. The van der Waals surface area contributed by atoms with Gasteiger partial charge in [-0.05, 0) is 44.2 Å². The fourth-order valence-electron chi connectivity index (χ4n) is 2.56. The molecule has 0 heterocycles. The molecule has 1 unspecified atom stereocenters. The maximum atomic E-state index is 6.38. The van der Waals surface area contributed by atoms with E-state index < -0.39 is 0 Å². The molecular formula is C17H25NS. The van der Waals surface area contributed by atoms with Crippen LogP contribution in [0.1, 0.15) is 44.1 Å². The number of aryl methyl sites for hydroxylation is 1. The highest BCUT2D eigenvalue weighted by atomic mass is 32.2. The van der Waals surface area contributed by atoms with Crippen molar-refractivity contribution < 1.29 is 0 Å². The molecule has 1 aromatic rings. The molecule has 1 nitrogen and oxygen atoms in total. The van der Waals surface area contributed by atoms with Crippen molar-refractivity contribution in [1.82, 2.24) is 0 Å². The number of hydrogen-bond donors (Lipinski definition) is 1. The molecule has 0 spiro atoms. The fraction of sp³-hybridized carbons (Fsp3) is 0.529. The van der Waals surface area contributed by atoms with Gasteiger partial charge >= 0.3 is 0 Å². The van der Waals surface area contributed by atoms with Crippen molar-refractivity contribution in [2.45, 2.75) is 56.4 Å². The first-order valence-corrected chi connectivity index (χ1v) is 8.39. The highest BCUT2D eigenvalue weighted by Gasteiger charge is 2.11. The van der Waals surface area contributed by atoms with Gasteiger partial charge in [-0.25, -0.2) is 0 Å². The summed E-state index contributed by atoms with van der Waals surface area (Å²) in [6.45, 7) is 2.17. The zero-order valence-electron chi connectivity index (χ0n) is 11.9. The molecule has 1 atom stereocenters. The second-order valence-corrected chi connectivity index (χ2v) is 6.48. The Bertz CT molecular complexity index is 425. The van der Waals surface area contributed by atoms with Gasteiger partial charge in [0.15, 0.2) is 0 Å². The van der Waals surface area contributed by atoms with Crippen LogP contribution in [0.2, 0.25) is 0 Å². The minimum Gasteiger partial charge on any atom is -0.324 e. The Morgan fingerprint density at radius 2 is 1.95 bits per heavy atom. The van der Waals surface area contributed by atoms with Crippen LogP contribution in [0.4, 0.5) is 0 Å². The molecule has 0 radical (unpaired) electrons. The number of benzene rings is 1. The highest BCUT2D eigenvalue weighted by molar-refractivity contribution is 7.99. The molecule has 19 heavy (non-hydrogen) atoms. The van der Waals surface area contributed by atoms with Gasteiger partial charge < -0.3 is 5.73 Å². The lowest BCUT2D eigenvalue weighted by Gasteiger charge is -2.18. The van der Waals surface area contributed by atoms with Crippen LogP contribution in [-0.2, 0) is 0 Å². The molecule has 2 N–H and O–H groups in total. The van der Waals surface area contributed by atoms with Gasteiger partial charge in [0.05, 0.1) is 0 Å². The lowest BCUT2D eigenvalue weighted by atomic mass is 9.96. The fourth-order valence-corrected chi connectivity index (χ4v) is 3.60. The van der Waals surface area contributed by atoms with E-state index in [-0.39, 0.29) is 6.04 Å². The Kier molecular flexibility index (Phi) is 5.99. The number of rotatable bonds is 4. The first-order valence-electron chi connectivity index (χ1n) is 7.40. The lowest BCUT2D eigenvalue weighted by molar-refractivity contribution is 0.606. The van der Waals surface area contributed by atoms with Crippen LogP contribution in [0.15, 0.2) is 40.8 Å². The third-order valence-corrected chi connectivity index (χ3v) is 5.11. The van der Waals surface area contributed by atoms with Crippen molar-refractivity contribution in [3.05, 3.63) is 41.5 Å². The Hall–Kier alpha value is -0.730. The standard InChI is InChI=1S/C17H25NS/c1-14-9-7-8-12-17(14)19-13-16(18)15-10-5-3-2-4-6-11-15/h7-10,12,16H,2-6,11,13,18H2,1H3/b15-10+. The number of allylic oxidation sites excluding steroid dienone is 1. The third kappa shape index (κ3) is 4.70. The van der Waals surface area contributed by atoms with Crippen molar-refractivity contribution in [3.63, 3.8) is 0 Å². The second kappa shape index (κ2) is 7.76. The normalized spacial score (nSPS) is 21.1. The molecule has 0 fully saturated rings. The maximum Gasteiger partial charge on any atom is 0.0349 e. The van der Waals surface area contributed by atoms with Crippen molar-refractivity contribution in [2.24, 2.45) is 5.73 Å². The van der Waals surface area contributed by atoms with E-state index in [0.29, 0.717) is 0 Å². The summed E-state index contributed by atoms with van der Waals surface area (Å²) in [5.74, 6) is 0.997. The van der Waals surface area contributed by atoms with E-state index in [4.69, 9.17) is 5.73 Å². The average molecular weight is 275 g/mol. The number of thioether (sulfide) groups is 1. The van der Waals surface area contributed by atoms with Crippen molar-refractivity contribution >= 4 is 11.8 Å². The molecule has 0 saturated carbocycles. The van der Waals surface area contributed by atoms with Gasteiger partial charge in [0, 0.05) is 16.7 Å². The molecule has 0 aliphatic heterocycles. The van der Waals surface area contributed by atoms with Crippen LogP contribution in [-0.4, -0.2) is 11.8 Å². The average Bonchev–Trinajstić information content (AvgIpc) is 2.37. The molecular weight excluding hydrogens is 250 g/mol. The summed E-state index contributed by atoms with van der Waals surface area (Å²) in [6, 6.07) is 8.79. The molecule has 0 amide bonds. The number of nitrogens with two attached hydrogens (primary N) is 1. The van der Waals surface area contributed by atoms with E-state index in [1.165, 1.54) is 54.6 Å². The van der Waals surface area contributed by atoms with Gasteiger partial charge in [0.1, 0.15) is 0 Å². The summed E-state index contributed by atoms with van der Waals surface area (Å²) in [4.78, 5) is 1.37. The van der Waals surface area contributed by atoms with Crippen LogP contribution in [0.25, 0.3) is 0 Å². The van der Waals surface area contributed by atoms with Crippen LogP contribution >= 0.6 is 11.8 Å². The van der Waals surface area contributed by atoms with Gasteiger partial charge in [-0.3, -0.25) is 0 Å². The quantitative estimate of drug-likeness (QED) is 0.637. The van der Waals surface area contributed by atoms with Gasteiger partial charge in [-0.15, -0.1) is 11.8 Å². The third-order valence-electron chi connectivity index (χ3n) is 3.81. The summed E-state index contributed by atoms with van der Waals surface area (Å²) in [5.41, 5.74) is 9.22. The maximum absolute atomic E-state index is 6.38. The molecule has 0 aromatic heterocycles. The molecule has 1 aliphatic carbocycles. The van der Waals surface area contributed by atoms with Crippen molar-refractivity contribution in [1.29, 1.82) is 0 Å². The first-order chi connectivity index (χ1) is 9.27. The van der Waals surface area contributed by atoms with Crippen LogP contribution in [0.5, 0.6) is 0 Å². The van der Waals surface area contributed by atoms with E-state index >= 15 is 0 Å². The van der Waals surface area contributed by atoms with E-state index in [1.54, 1.807) is 0 Å². The summed E-state index contributed by atoms with van der Waals surface area (Å²) in [6.07, 6.45) is 10.2. The van der Waals surface area contributed by atoms with E-state index in [1.807, 2.05) is 11.8 Å². The summed E-state index contributed by atoms with van der Waals surface area (Å²) >= 11 is 1.89.